The molecule has 0 N–H and O–H groups in total. The Morgan fingerprint density at radius 1 is 1.23 bits per heavy atom. The molecule has 0 saturated heterocycles. The molecule has 0 aliphatic carbocycles. The van der Waals surface area contributed by atoms with Crippen molar-refractivity contribution in [1.29, 1.82) is 0 Å². The normalized spacial score (nSPS) is 11.4. The molecule has 0 radical (unpaired) electrons. The number of hydrogen-bond acceptors (Lipinski definition) is 0. The summed E-state index contributed by atoms with van der Waals surface area (Å²) in [6, 6.07) is 0. The largest absolute Gasteiger partial charge is 0.416 e. The average Bonchev–Trinajstić information content (AvgIpc) is 2.01. The van der Waals surface area contributed by atoms with Crippen LogP contribution >= 0.6 is 0 Å². The number of hydrogen-bond donors (Lipinski definition) is 0. The summed E-state index contributed by atoms with van der Waals surface area (Å²) in [5.74, 6) is 0. The monoisotopic (exact) mass is 192 g/mol. The molecule has 0 heterocycles. The molecule has 0 unspecified atom stereocenters. The van der Waals surface area contributed by atoms with Gasteiger partial charge in [0.05, 0.1) is 5.57 Å². The fourth-order valence-corrected chi connectivity index (χ4v) is 0.597. The summed E-state index contributed by atoms with van der Waals surface area (Å²) in [6.45, 7) is 11.7. The molecule has 0 saturated carbocycles. The maximum Gasteiger partial charge on any atom is 0.416 e. The predicted octanol–water partition coefficient (Wildman–Crippen LogP) is 4.26. The van der Waals surface area contributed by atoms with Crippen molar-refractivity contribution in [1.82, 2.24) is 0 Å². The third kappa shape index (κ3) is 6.20. The summed E-state index contributed by atoms with van der Waals surface area (Å²) in [7, 11) is 0. The third-order valence-corrected chi connectivity index (χ3v) is 1.05. The van der Waals surface area contributed by atoms with Gasteiger partial charge in [-0.15, -0.1) is 0 Å². The molecule has 0 amide bonds. The van der Waals surface area contributed by atoms with Crippen LogP contribution in [0, 0.1) is 0 Å². The molecular formula is C10H15F3. The standard InChI is InChI=1S/C8H9F3.C2H6/c1-4-5-7(6(2)3)8(9,10)11;1-2/h4-5H,1-2H2,3H3;1-2H3/b7-5+;. The minimum absolute atomic E-state index is 0.00241. The molecule has 3 heteroatoms. The van der Waals surface area contributed by atoms with E-state index < -0.39 is 11.7 Å². The van der Waals surface area contributed by atoms with Crippen molar-refractivity contribution < 1.29 is 13.2 Å². The lowest BCUT2D eigenvalue weighted by molar-refractivity contribution is -0.0892. The smallest absolute Gasteiger partial charge is 0.166 e. The Bertz CT molecular complexity index is 197. The van der Waals surface area contributed by atoms with Crippen LogP contribution in [-0.2, 0) is 0 Å². The van der Waals surface area contributed by atoms with Gasteiger partial charge in [0.25, 0.3) is 0 Å². The maximum atomic E-state index is 12.0. The molecule has 0 bridgehead atoms. The first-order chi connectivity index (χ1) is 5.89. The Labute approximate surface area is 77.5 Å². The molecule has 0 rings (SSSR count). The van der Waals surface area contributed by atoms with Crippen LogP contribution in [0.2, 0.25) is 0 Å². The number of halogens is 3. The molecule has 0 aromatic heterocycles. The molecule has 0 atom stereocenters. The Morgan fingerprint density at radius 2 is 1.62 bits per heavy atom. The van der Waals surface area contributed by atoms with E-state index in [1.807, 2.05) is 13.8 Å². The van der Waals surface area contributed by atoms with Gasteiger partial charge >= 0.3 is 6.18 Å². The van der Waals surface area contributed by atoms with Gasteiger partial charge in [0.15, 0.2) is 0 Å². The highest BCUT2D eigenvalue weighted by Gasteiger charge is 2.33. The summed E-state index contributed by atoms with van der Waals surface area (Å²) in [4.78, 5) is 0. The Morgan fingerprint density at radius 3 is 1.69 bits per heavy atom. The van der Waals surface area contributed by atoms with E-state index in [-0.39, 0.29) is 5.57 Å². The van der Waals surface area contributed by atoms with E-state index in [1.165, 1.54) is 6.92 Å². The van der Waals surface area contributed by atoms with Crippen molar-refractivity contribution in [3.63, 3.8) is 0 Å². The topological polar surface area (TPSA) is 0 Å². The summed E-state index contributed by atoms with van der Waals surface area (Å²) in [5, 5.41) is 0. The lowest BCUT2D eigenvalue weighted by atomic mass is 10.1. The van der Waals surface area contributed by atoms with Gasteiger partial charge in [-0.25, -0.2) is 0 Å². The zero-order chi connectivity index (χ0) is 11.1. The van der Waals surface area contributed by atoms with Gasteiger partial charge in [0.2, 0.25) is 0 Å². The average molecular weight is 192 g/mol. The maximum absolute atomic E-state index is 12.0. The molecule has 0 aromatic rings. The van der Waals surface area contributed by atoms with Crippen LogP contribution in [0.3, 0.4) is 0 Å². The predicted molar refractivity (Wildman–Crippen MR) is 50.5 cm³/mol. The zero-order valence-electron chi connectivity index (χ0n) is 8.20. The van der Waals surface area contributed by atoms with E-state index in [0.717, 1.165) is 12.2 Å². The van der Waals surface area contributed by atoms with Crippen molar-refractivity contribution in [2.24, 2.45) is 0 Å². The fraction of sp³-hybridized carbons (Fsp3) is 0.400. The minimum atomic E-state index is -4.32. The van der Waals surface area contributed by atoms with Gasteiger partial charge in [-0.2, -0.15) is 13.2 Å². The molecule has 13 heavy (non-hydrogen) atoms. The first kappa shape index (κ1) is 14.5. The van der Waals surface area contributed by atoms with E-state index >= 15 is 0 Å². The lowest BCUT2D eigenvalue weighted by Gasteiger charge is -2.09. The van der Waals surface area contributed by atoms with Crippen molar-refractivity contribution in [2.75, 3.05) is 0 Å². The van der Waals surface area contributed by atoms with Crippen LogP contribution in [0.15, 0.2) is 36.5 Å². The second kappa shape index (κ2) is 6.52. The Balaban J connectivity index is 0. The van der Waals surface area contributed by atoms with Crippen LogP contribution in [0.4, 0.5) is 13.2 Å². The van der Waals surface area contributed by atoms with Crippen LogP contribution in [0.25, 0.3) is 0 Å². The summed E-state index contributed by atoms with van der Waals surface area (Å²) in [5.41, 5.74) is -0.732. The van der Waals surface area contributed by atoms with Gasteiger partial charge in [-0.05, 0) is 12.5 Å². The van der Waals surface area contributed by atoms with E-state index in [4.69, 9.17) is 0 Å². The Kier molecular flexibility index (Phi) is 7.28. The number of alkyl halides is 3. The fourth-order valence-electron chi connectivity index (χ4n) is 0.597. The molecule has 0 nitrogen and oxygen atoms in total. The summed E-state index contributed by atoms with van der Waals surface area (Å²) in [6.07, 6.45) is -2.32. The van der Waals surface area contributed by atoms with Crippen LogP contribution in [-0.4, -0.2) is 6.18 Å². The molecule has 76 valence electrons. The lowest BCUT2D eigenvalue weighted by Crippen LogP contribution is -2.12. The van der Waals surface area contributed by atoms with Gasteiger partial charge < -0.3 is 0 Å². The quantitative estimate of drug-likeness (QED) is 0.573. The van der Waals surface area contributed by atoms with Crippen LogP contribution < -0.4 is 0 Å². The van der Waals surface area contributed by atoms with E-state index in [9.17, 15) is 13.2 Å². The molecule has 0 aliphatic rings. The van der Waals surface area contributed by atoms with Crippen LogP contribution in [0.5, 0.6) is 0 Å². The number of rotatable bonds is 2. The van der Waals surface area contributed by atoms with Gasteiger partial charge in [0.1, 0.15) is 0 Å². The second-order valence-electron chi connectivity index (χ2n) is 2.09. The van der Waals surface area contributed by atoms with Crippen LogP contribution in [0.1, 0.15) is 20.8 Å². The minimum Gasteiger partial charge on any atom is -0.166 e. The zero-order valence-corrected chi connectivity index (χ0v) is 8.20. The first-order valence-corrected chi connectivity index (χ1v) is 3.95. The third-order valence-electron chi connectivity index (χ3n) is 1.05. The Hall–Kier alpha value is -0.990. The SMILES string of the molecule is C=C/C=C(\C(=C)C)C(F)(F)F.CC. The highest BCUT2D eigenvalue weighted by molar-refractivity contribution is 5.33. The van der Waals surface area contributed by atoms with Crippen molar-refractivity contribution >= 4 is 0 Å². The highest BCUT2D eigenvalue weighted by atomic mass is 19.4. The van der Waals surface area contributed by atoms with E-state index in [2.05, 4.69) is 13.2 Å². The van der Waals surface area contributed by atoms with Gasteiger partial charge in [0, 0.05) is 0 Å². The summed E-state index contributed by atoms with van der Waals surface area (Å²) >= 11 is 0. The van der Waals surface area contributed by atoms with E-state index in [1.54, 1.807) is 0 Å². The summed E-state index contributed by atoms with van der Waals surface area (Å²) < 4.78 is 35.9. The van der Waals surface area contributed by atoms with Crippen molar-refractivity contribution in [3.8, 4) is 0 Å². The van der Waals surface area contributed by atoms with Gasteiger partial charge in [-0.3, -0.25) is 0 Å². The molecule has 0 spiro atoms. The molecule has 0 aromatic carbocycles. The second-order valence-corrected chi connectivity index (χ2v) is 2.09. The van der Waals surface area contributed by atoms with E-state index in [0.29, 0.717) is 0 Å². The first-order valence-electron chi connectivity index (χ1n) is 3.95. The molecule has 0 fully saturated rings. The molecular weight excluding hydrogens is 177 g/mol. The van der Waals surface area contributed by atoms with Crippen molar-refractivity contribution in [3.05, 3.63) is 36.5 Å². The molecule has 0 aliphatic heterocycles. The van der Waals surface area contributed by atoms with Crippen molar-refractivity contribution in [2.45, 2.75) is 26.9 Å². The number of allylic oxidation sites excluding steroid dienone is 4. The highest BCUT2D eigenvalue weighted by Crippen LogP contribution is 2.29. The van der Waals surface area contributed by atoms with Gasteiger partial charge in [-0.1, -0.05) is 39.2 Å².